The van der Waals surface area contributed by atoms with E-state index in [0.29, 0.717) is 21.7 Å². The molecule has 0 bridgehead atoms. The van der Waals surface area contributed by atoms with Gasteiger partial charge in [-0.15, -0.1) is 0 Å². The molecule has 0 aliphatic rings. The molecule has 0 atom stereocenters. The molecular weight excluding hydrogens is 482 g/mol. The maximum atomic E-state index is 9.55. The highest BCUT2D eigenvalue weighted by molar-refractivity contribution is 9.10. The van der Waals surface area contributed by atoms with Crippen LogP contribution >= 0.6 is 39.3 Å². The second kappa shape index (κ2) is 9.40. The number of hydrogen-bond acceptors (Lipinski definition) is 4. The molecule has 0 unspecified atom stereocenters. The number of nitrogens with one attached hydrogen (secondary N) is 1. The van der Waals surface area contributed by atoms with Gasteiger partial charge in [-0.3, -0.25) is 0 Å². The van der Waals surface area contributed by atoms with Gasteiger partial charge in [-0.25, -0.2) is 4.98 Å². The number of aromatic amines is 1. The second-order valence-electron chi connectivity index (χ2n) is 6.39. The Bertz CT molecular complexity index is 1230. The number of thioether (sulfide) groups is 1. The number of imidazole rings is 1. The SMILES string of the molecule is N#C/C(=C\c1ccc(OCc2ccc(Cl)cc2)c(Br)c1)Sc1nc2ccccc2[nH]1. The van der Waals surface area contributed by atoms with Crippen LogP contribution < -0.4 is 4.74 Å². The highest BCUT2D eigenvalue weighted by Crippen LogP contribution is 2.31. The standard InChI is InChI=1S/C23H15BrClN3OS/c24-19-12-16(7-10-22(19)29-14-15-5-8-17(25)9-6-15)11-18(13-26)30-23-27-20-3-1-2-4-21(20)28-23/h1-12H,14H2,(H,27,28)/b18-11+. The van der Waals surface area contributed by atoms with Crippen molar-refractivity contribution in [3.8, 4) is 11.8 Å². The Morgan fingerprint density at radius 3 is 2.70 bits per heavy atom. The molecule has 0 radical (unpaired) electrons. The smallest absolute Gasteiger partial charge is 0.171 e. The fourth-order valence-electron chi connectivity index (χ4n) is 2.78. The van der Waals surface area contributed by atoms with Crippen LogP contribution in [0.1, 0.15) is 11.1 Å². The predicted octanol–water partition coefficient (Wildman–Crippen LogP) is 7.21. The molecule has 1 heterocycles. The van der Waals surface area contributed by atoms with Crippen molar-refractivity contribution in [1.29, 1.82) is 5.26 Å². The number of nitriles is 1. The van der Waals surface area contributed by atoms with Crippen LogP contribution in [-0.4, -0.2) is 9.97 Å². The van der Waals surface area contributed by atoms with Crippen LogP contribution in [0.25, 0.3) is 17.1 Å². The number of rotatable bonds is 6. The van der Waals surface area contributed by atoms with Gasteiger partial charge in [-0.1, -0.05) is 41.9 Å². The zero-order valence-corrected chi connectivity index (χ0v) is 18.8. The zero-order chi connectivity index (χ0) is 20.9. The van der Waals surface area contributed by atoms with Crippen molar-refractivity contribution in [2.75, 3.05) is 0 Å². The van der Waals surface area contributed by atoms with Gasteiger partial charge in [0, 0.05) is 5.02 Å². The number of halogens is 2. The fourth-order valence-corrected chi connectivity index (χ4v) is 4.17. The molecule has 4 nitrogen and oxygen atoms in total. The molecule has 1 N–H and O–H groups in total. The third-order valence-corrected chi connectivity index (χ3v) is 5.93. The largest absolute Gasteiger partial charge is 0.488 e. The summed E-state index contributed by atoms with van der Waals surface area (Å²) in [6.45, 7) is 0.441. The number of hydrogen-bond donors (Lipinski definition) is 1. The number of ether oxygens (including phenoxy) is 1. The summed E-state index contributed by atoms with van der Waals surface area (Å²) in [6.07, 6.45) is 1.82. The topological polar surface area (TPSA) is 61.7 Å². The van der Waals surface area contributed by atoms with Gasteiger partial charge < -0.3 is 9.72 Å². The van der Waals surface area contributed by atoms with E-state index in [-0.39, 0.29) is 0 Å². The molecule has 148 valence electrons. The quantitative estimate of drug-likeness (QED) is 0.226. The normalized spacial score (nSPS) is 11.4. The lowest BCUT2D eigenvalue weighted by molar-refractivity contribution is 0.304. The van der Waals surface area contributed by atoms with Crippen LogP contribution in [0, 0.1) is 11.3 Å². The number of aromatic nitrogens is 2. The average molecular weight is 497 g/mol. The molecule has 7 heteroatoms. The number of allylic oxidation sites excluding steroid dienone is 1. The summed E-state index contributed by atoms with van der Waals surface area (Å²) in [7, 11) is 0. The van der Waals surface area contributed by atoms with E-state index in [1.807, 2.05) is 72.8 Å². The van der Waals surface area contributed by atoms with Gasteiger partial charge in [0.25, 0.3) is 0 Å². The summed E-state index contributed by atoms with van der Waals surface area (Å²) in [5.74, 6) is 0.727. The Morgan fingerprint density at radius 2 is 1.97 bits per heavy atom. The first-order chi connectivity index (χ1) is 14.6. The highest BCUT2D eigenvalue weighted by Gasteiger charge is 2.08. The maximum absolute atomic E-state index is 9.55. The Labute approximate surface area is 191 Å². The van der Waals surface area contributed by atoms with Crippen molar-refractivity contribution < 1.29 is 4.74 Å². The zero-order valence-electron chi connectivity index (χ0n) is 15.6. The van der Waals surface area contributed by atoms with E-state index < -0.39 is 0 Å². The minimum Gasteiger partial charge on any atom is -0.488 e. The number of para-hydroxylation sites is 2. The molecular formula is C23H15BrClN3OS. The summed E-state index contributed by atoms with van der Waals surface area (Å²) < 4.78 is 6.70. The second-order valence-corrected chi connectivity index (χ2v) is 8.71. The molecule has 0 saturated carbocycles. The Morgan fingerprint density at radius 1 is 1.17 bits per heavy atom. The lowest BCUT2D eigenvalue weighted by Gasteiger charge is -2.09. The summed E-state index contributed by atoms with van der Waals surface area (Å²) in [5, 5.41) is 10.9. The van der Waals surface area contributed by atoms with E-state index in [9.17, 15) is 5.26 Å². The van der Waals surface area contributed by atoms with Gasteiger partial charge in [0.1, 0.15) is 18.4 Å². The van der Waals surface area contributed by atoms with Crippen LogP contribution in [0.4, 0.5) is 0 Å². The molecule has 3 aromatic carbocycles. The van der Waals surface area contributed by atoms with E-state index in [1.165, 1.54) is 11.8 Å². The van der Waals surface area contributed by atoms with Gasteiger partial charge in [0.05, 0.1) is 20.4 Å². The maximum Gasteiger partial charge on any atom is 0.171 e. The van der Waals surface area contributed by atoms with Gasteiger partial charge in [0.15, 0.2) is 5.16 Å². The number of H-pyrrole nitrogens is 1. The van der Waals surface area contributed by atoms with Crippen molar-refractivity contribution in [3.05, 3.63) is 92.3 Å². The Hall–Kier alpha value is -2.72. The number of benzene rings is 3. The first-order valence-electron chi connectivity index (χ1n) is 9.02. The first kappa shape index (κ1) is 20.5. The van der Waals surface area contributed by atoms with Gasteiger partial charge in [0.2, 0.25) is 0 Å². The minimum absolute atomic E-state index is 0.441. The van der Waals surface area contributed by atoms with Crippen LogP contribution in [0.2, 0.25) is 5.02 Å². The van der Waals surface area contributed by atoms with Gasteiger partial charge >= 0.3 is 0 Å². The van der Waals surface area contributed by atoms with Crippen LogP contribution in [0.5, 0.6) is 5.75 Å². The highest BCUT2D eigenvalue weighted by atomic mass is 79.9. The number of nitrogens with zero attached hydrogens (tertiary/aromatic N) is 2. The lowest BCUT2D eigenvalue weighted by Crippen LogP contribution is -1.96. The fraction of sp³-hybridized carbons (Fsp3) is 0.0435. The first-order valence-corrected chi connectivity index (χ1v) is 11.0. The van der Waals surface area contributed by atoms with E-state index in [0.717, 1.165) is 32.4 Å². The van der Waals surface area contributed by atoms with Crippen molar-refractivity contribution in [1.82, 2.24) is 9.97 Å². The van der Waals surface area contributed by atoms with E-state index in [1.54, 1.807) is 0 Å². The molecule has 4 aromatic rings. The van der Waals surface area contributed by atoms with Gasteiger partial charge in [-0.05, 0) is 81.3 Å². The summed E-state index contributed by atoms with van der Waals surface area (Å²) >= 11 is 10.8. The molecule has 0 fully saturated rings. The van der Waals surface area contributed by atoms with E-state index in [2.05, 4.69) is 32.0 Å². The van der Waals surface area contributed by atoms with Crippen molar-refractivity contribution in [3.63, 3.8) is 0 Å². The molecule has 0 aliphatic heterocycles. The Balaban J connectivity index is 1.47. The molecule has 4 rings (SSSR count). The summed E-state index contributed by atoms with van der Waals surface area (Å²) in [5.41, 5.74) is 3.74. The van der Waals surface area contributed by atoms with Crippen LogP contribution in [0.3, 0.4) is 0 Å². The minimum atomic E-state index is 0.441. The van der Waals surface area contributed by atoms with Crippen molar-refractivity contribution >= 4 is 56.4 Å². The third kappa shape index (κ3) is 5.06. The molecule has 1 aromatic heterocycles. The lowest BCUT2D eigenvalue weighted by atomic mass is 10.2. The Kier molecular flexibility index (Phi) is 6.44. The summed E-state index contributed by atoms with van der Waals surface area (Å²) in [4.78, 5) is 8.27. The van der Waals surface area contributed by atoms with E-state index in [4.69, 9.17) is 16.3 Å². The molecule has 0 saturated heterocycles. The predicted molar refractivity (Wildman–Crippen MR) is 125 cm³/mol. The average Bonchev–Trinajstić information content (AvgIpc) is 3.16. The van der Waals surface area contributed by atoms with Crippen LogP contribution in [-0.2, 0) is 6.61 Å². The van der Waals surface area contributed by atoms with E-state index >= 15 is 0 Å². The monoisotopic (exact) mass is 495 g/mol. The molecule has 0 amide bonds. The molecule has 0 aliphatic carbocycles. The van der Waals surface area contributed by atoms with Crippen molar-refractivity contribution in [2.24, 2.45) is 0 Å². The number of fused-ring (bicyclic) bond motifs is 1. The molecule has 30 heavy (non-hydrogen) atoms. The third-order valence-electron chi connectivity index (χ3n) is 4.25. The van der Waals surface area contributed by atoms with Gasteiger partial charge in [-0.2, -0.15) is 5.26 Å². The van der Waals surface area contributed by atoms with Crippen molar-refractivity contribution in [2.45, 2.75) is 11.8 Å². The summed E-state index contributed by atoms with van der Waals surface area (Å²) in [6, 6.07) is 23.3. The molecule has 0 spiro atoms. The van der Waals surface area contributed by atoms with Crippen LogP contribution in [0.15, 0.2) is 81.3 Å².